The number of fused-ring (bicyclic) bond motifs is 1. The SMILES string of the molecule is CN=C(NCC(C)N1CCc2ccccc2C1)NC1CC=CC1.I. The maximum atomic E-state index is 4.35. The lowest BCUT2D eigenvalue weighted by molar-refractivity contribution is 0.191. The predicted octanol–water partition coefficient (Wildman–Crippen LogP) is 2.93. The molecule has 0 fully saturated rings. The number of benzene rings is 1. The van der Waals surface area contributed by atoms with Crippen LogP contribution in [-0.4, -0.2) is 43.1 Å². The third kappa shape index (κ3) is 4.96. The molecule has 1 aromatic rings. The minimum Gasteiger partial charge on any atom is -0.355 e. The van der Waals surface area contributed by atoms with Gasteiger partial charge in [0.1, 0.15) is 0 Å². The predicted molar refractivity (Wildman–Crippen MR) is 112 cm³/mol. The lowest BCUT2D eigenvalue weighted by Gasteiger charge is -2.34. The third-order valence-corrected chi connectivity index (χ3v) is 4.92. The van der Waals surface area contributed by atoms with E-state index < -0.39 is 0 Å². The fourth-order valence-electron chi connectivity index (χ4n) is 3.39. The van der Waals surface area contributed by atoms with E-state index in [1.807, 2.05) is 7.05 Å². The first-order chi connectivity index (χ1) is 11.3. The number of guanidine groups is 1. The van der Waals surface area contributed by atoms with Crippen molar-refractivity contribution < 1.29 is 0 Å². The summed E-state index contributed by atoms with van der Waals surface area (Å²) in [6.45, 7) is 5.41. The molecule has 4 nitrogen and oxygen atoms in total. The van der Waals surface area contributed by atoms with Crippen molar-refractivity contribution >= 4 is 29.9 Å². The Hall–Kier alpha value is -1.08. The van der Waals surface area contributed by atoms with Gasteiger partial charge in [0.25, 0.3) is 0 Å². The summed E-state index contributed by atoms with van der Waals surface area (Å²) in [6.07, 6.45) is 7.82. The van der Waals surface area contributed by atoms with Crippen LogP contribution in [0.3, 0.4) is 0 Å². The molecule has 2 aliphatic rings. The van der Waals surface area contributed by atoms with E-state index in [1.165, 1.54) is 11.1 Å². The van der Waals surface area contributed by atoms with Gasteiger partial charge < -0.3 is 10.6 Å². The normalized spacial score (nSPS) is 19.5. The third-order valence-electron chi connectivity index (χ3n) is 4.92. The van der Waals surface area contributed by atoms with Crippen molar-refractivity contribution in [2.45, 2.75) is 44.8 Å². The molecule has 1 aromatic carbocycles. The smallest absolute Gasteiger partial charge is 0.191 e. The van der Waals surface area contributed by atoms with E-state index in [2.05, 4.69) is 63.9 Å². The number of rotatable bonds is 4. The zero-order valence-electron chi connectivity index (χ0n) is 14.7. The fourth-order valence-corrected chi connectivity index (χ4v) is 3.39. The average Bonchev–Trinajstić information content (AvgIpc) is 3.11. The molecule has 0 saturated heterocycles. The Balaban J connectivity index is 0.00000208. The lowest BCUT2D eigenvalue weighted by Crippen LogP contribution is -2.49. The number of aliphatic imine (C=N–C) groups is 1. The number of hydrogen-bond donors (Lipinski definition) is 2. The molecule has 24 heavy (non-hydrogen) atoms. The monoisotopic (exact) mass is 440 g/mol. The van der Waals surface area contributed by atoms with Crippen LogP contribution in [0.4, 0.5) is 0 Å². The first-order valence-electron chi connectivity index (χ1n) is 8.69. The Morgan fingerprint density at radius 1 is 1.25 bits per heavy atom. The van der Waals surface area contributed by atoms with Gasteiger partial charge in [-0.15, -0.1) is 24.0 Å². The van der Waals surface area contributed by atoms with Gasteiger partial charge in [0.15, 0.2) is 5.96 Å². The van der Waals surface area contributed by atoms with E-state index in [0.29, 0.717) is 12.1 Å². The Labute approximate surface area is 162 Å². The van der Waals surface area contributed by atoms with E-state index in [9.17, 15) is 0 Å². The summed E-state index contributed by atoms with van der Waals surface area (Å²) in [5.74, 6) is 0.919. The van der Waals surface area contributed by atoms with Crippen LogP contribution in [0.5, 0.6) is 0 Å². The molecule has 1 aliphatic carbocycles. The highest BCUT2D eigenvalue weighted by Crippen LogP contribution is 2.19. The molecule has 5 heteroatoms. The number of halogens is 1. The van der Waals surface area contributed by atoms with Gasteiger partial charge >= 0.3 is 0 Å². The van der Waals surface area contributed by atoms with Gasteiger partial charge in [-0.05, 0) is 37.3 Å². The summed E-state index contributed by atoms with van der Waals surface area (Å²) in [7, 11) is 1.85. The minimum atomic E-state index is 0. The van der Waals surface area contributed by atoms with Crippen molar-refractivity contribution in [1.82, 2.24) is 15.5 Å². The van der Waals surface area contributed by atoms with Gasteiger partial charge in [0.2, 0.25) is 0 Å². The van der Waals surface area contributed by atoms with Gasteiger partial charge in [0.05, 0.1) is 0 Å². The first-order valence-corrected chi connectivity index (χ1v) is 8.69. The maximum Gasteiger partial charge on any atom is 0.191 e. The zero-order valence-corrected chi connectivity index (χ0v) is 17.0. The Bertz CT molecular complexity index is 576. The molecule has 0 spiro atoms. The van der Waals surface area contributed by atoms with Crippen molar-refractivity contribution in [3.63, 3.8) is 0 Å². The average molecular weight is 440 g/mol. The fraction of sp³-hybridized carbons (Fsp3) is 0.526. The van der Waals surface area contributed by atoms with Crippen LogP contribution in [0.2, 0.25) is 0 Å². The molecule has 0 aromatic heterocycles. The summed E-state index contributed by atoms with van der Waals surface area (Å²) >= 11 is 0. The van der Waals surface area contributed by atoms with Crippen molar-refractivity contribution in [1.29, 1.82) is 0 Å². The second kappa shape index (κ2) is 9.42. The van der Waals surface area contributed by atoms with E-state index in [4.69, 9.17) is 0 Å². The molecule has 0 amide bonds. The highest BCUT2D eigenvalue weighted by molar-refractivity contribution is 14.0. The van der Waals surface area contributed by atoms with Gasteiger partial charge in [-0.1, -0.05) is 36.4 Å². The Morgan fingerprint density at radius 3 is 2.67 bits per heavy atom. The van der Waals surface area contributed by atoms with Crippen LogP contribution >= 0.6 is 24.0 Å². The summed E-state index contributed by atoms with van der Waals surface area (Å²) in [6, 6.07) is 9.80. The molecule has 1 heterocycles. The minimum absolute atomic E-state index is 0. The van der Waals surface area contributed by atoms with Crippen LogP contribution in [0.25, 0.3) is 0 Å². The van der Waals surface area contributed by atoms with E-state index in [-0.39, 0.29) is 24.0 Å². The first kappa shape index (κ1) is 19.2. The van der Waals surface area contributed by atoms with Gasteiger partial charge in [-0.3, -0.25) is 9.89 Å². The zero-order chi connectivity index (χ0) is 16.1. The standard InChI is InChI=1S/C19H28N4.HI/c1-15(13-21-19(20-2)22-18-9-5-6-10-18)23-12-11-16-7-3-4-8-17(16)14-23;/h3-8,15,18H,9-14H2,1-2H3,(H2,20,21,22);1H. The van der Waals surface area contributed by atoms with Crippen LogP contribution in [0, 0.1) is 0 Å². The molecule has 0 saturated carbocycles. The van der Waals surface area contributed by atoms with Crippen molar-refractivity contribution in [2.75, 3.05) is 20.1 Å². The second-order valence-electron chi connectivity index (χ2n) is 6.58. The highest BCUT2D eigenvalue weighted by atomic mass is 127. The summed E-state index contributed by atoms with van der Waals surface area (Å²) in [5.41, 5.74) is 2.99. The second-order valence-corrected chi connectivity index (χ2v) is 6.58. The van der Waals surface area contributed by atoms with E-state index in [1.54, 1.807) is 0 Å². The molecule has 1 aliphatic heterocycles. The molecule has 0 radical (unpaired) electrons. The van der Waals surface area contributed by atoms with Crippen molar-refractivity contribution in [3.05, 3.63) is 47.5 Å². The molecule has 0 bridgehead atoms. The molecule has 132 valence electrons. The summed E-state index contributed by atoms with van der Waals surface area (Å²) in [4.78, 5) is 6.91. The number of nitrogens with one attached hydrogen (secondary N) is 2. The maximum absolute atomic E-state index is 4.35. The van der Waals surface area contributed by atoms with Crippen LogP contribution < -0.4 is 10.6 Å². The molecule has 1 atom stereocenters. The molecule has 3 rings (SSSR count). The highest BCUT2D eigenvalue weighted by Gasteiger charge is 2.20. The van der Waals surface area contributed by atoms with E-state index in [0.717, 1.165) is 44.9 Å². The van der Waals surface area contributed by atoms with Crippen LogP contribution in [0.15, 0.2) is 41.4 Å². The number of hydrogen-bond acceptors (Lipinski definition) is 2. The topological polar surface area (TPSA) is 39.7 Å². The quantitative estimate of drug-likeness (QED) is 0.328. The molecular weight excluding hydrogens is 411 g/mol. The molecular formula is C19H29IN4. The number of nitrogens with zero attached hydrogens (tertiary/aromatic N) is 2. The molecule has 1 unspecified atom stereocenters. The van der Waals surface area contributed by atoms with Crippen LogP contribution in [-0.2, 0) is 13.0 Å². The van der Waals surface area contributed by atoms with Gasteiger partial charge in [0, 0.05) is 38.8 Å². The molecule has 2 N–H and O–H groups in total. The van der Waals surface area contributed by atoms with Crippen molar-refractivity contribution in [3.8, 4) is 0 Å². The largest absolute Gasteiger partial charge is 0.355 e. The van der Waals surface area contributed by atoms with Gasteiger partial charge in [-0.2, -0.15) is 0 Å². The van der Waals surface area contributed by atoms with Crippen molar-refractivity contribution in [2.24, 2.45) is 4.99 Å². The van der Waals surface area contributed by atoms with Gasteiger partial charge in [-0.25, -0.2) is 0 Å². The lowest BCUT2D eigenvalue weighted by atomic mass is 9.99. The van der Waals surface area contributed by atoms with Crippen LogP contribution in [0.1, 0.15) is 30.9 Å². The Morgan fingerprint density at radius 2 is 1.96 bits per heavy atom. The Kier molecular flexibility index (Phi) is 7.55. The van der Waals surface area contributed by atoms with E-state index >= 15 is 0 Å². The summed E-state index contributed by atoms with van der Waals surface area (Å²) < 4.78 is 0. The summed E-state index contributed by atoms with van der Waals surface area (Å²) in [5, 5.41) is 6.98.